The molecule has 9 nitrogen and oxygen atoms in total. The number of carbonyl (C=O) groups excluding carboxylic acids is 1. The van der Waals surface area contributed by atoms with Crippen molar-refractivity contribution in [2.75, 3.05) is 5.32 Å². The van der Waals surface area contributed by atoms with Gasteiger partial charge in [-0.3, -0.25) is 14.8 Å². The molecule has 0 fully saturated rings. The Balaban J connectivity index is 1.66. The fourth-order valence-corrected chi connectivity index (χ4v) is 3.75. The summed E-state index contributed by atoms with van der Waals surface area (Å²) in [6.07, 6.45) is 4.05. The van der Waals surface area contributed by atoms with Crippen LogP contribution in [-0.4, -0.2) is 32.7 Å². The van der Waals surface area contributed by atoms with Crippen LogP contribution in [0.4, 0.5) is 18.9 Å². The first kappa shape index (κ1) is 24.8. The van der Waals surface area contributed by atoms with Crippen LogP contribution in [0.25, 0.3) is 10.6 Å². The van der Waals surface area contributed by atoms with Gasteiger partial charge >= 0.3 is 6.61 Å². The van der Waals surface area contributed by atoms with Gasteiger partial charge in [0.05, 0.1) is 16.3 Å². The Hall–Kier alpha value is -4.28. The van der Waals surface area contributed by atoms with Gasteiger partial charge in [-0.15, -0.1) is 5.10 Å². The molecule has 3 heterocycles. The molecule has 4 aromatic rings. The molecule has 0 saturated carbocycles. The number of benzene rings is 1. The van der Waals surface area contributed by atoms with Crippen molar-refractivity contribution in [2.45, 2.75) is 13.2 Å². The average Bonchev–Trinajstić information content (AvgIpc) is 3.34. The lowest BCUT2D eigenvalue weighted by molar-refractivity contribution is -0.0496. The van der Waals surface area contributed by atoms with Crippen molar-refractivity contribution in [3.63, 3.8) is 0 Å². The van der Waals surface area contributed by atoms with Crippen LogP contribution < -0.4 is 14.8 Å². The summed E-state index contributed by atoms with van der Waals surface area (Å²) in [6.45, 7) is -3.40. The van der Waals surface area contributed by atoms with Crippen molar-refractivity contribution >= 4 is 34.5 Å². The number of hydrogen-bond donors (Lipinski definition) is 1. The van der Waals surface area contributed by atoms with E-state index in [0.29, 0.717) is 10.7 Å². The largest absolute Gasteiger partial charge is 0.462 e. The number of amides is 1. The summed E-state index contributed by atoms with van der Waals surface area (Å²) in [6, 6.07) is 8.68. The van der Waals surface area contributed by atoms with E-state index in [9.17, 15) is 18.8 Å². The smallest absolute Gasteiger partial charge is 0.387 e. The van der Waals surface area contributed by atoms with Crippen LogP contribution in [0.1, 0.15) is 21.6 Å². The summed E-state index contributed by atoms with van der Waals surface area (Å²) in [5.41, 5.74) is -0.827. The van der Waals surface area contributed by atoms with Crippen LogP contribution in [0, 0.1) is 17.1 Å². The Morgan fingerprint density at radius 1 is 1.25 bits per heavy atom. The highest BCUT2D eigenvalue weighted by atomic mass is 35.5. The first-order chi connectivity index (χ1) is 17.4. The van der Waals surface area contributed by atoms with Gasteiger partial charge in [0.2, 0.25) is 0 Å². The maximum Gasteiger partial charge on any atom is 0.387 e. The van der Waals surface area contributed by atoms with Crippen molar-refractivity contribution in [3.05, 3.63) is 76.6 Å². The molecule has 0 aliphatic rings. The summed E-state index contributed by atoms with van der Waals surface area (Å²) in [5.74, 6) is -2.84. The predicted molar refractivity (Wildman–Crippen MR) is 122 cm³/mol. The van der Waals surface area contributed by atoms with Crippen molar-refractivity contribution in [1.82, 2.24) is 20.2 Å². The lowest BCUT2D eigenvalue weighted by Gasteiger charge is -2.16. The minimum absolute atomic E-state index is 0.00577. The van der Waals surface area contributed by atoms with Gasteiger partial charge in [0.15, 0.2) is 16.6 Å². The lowest BCUT2D eigenvalue weighted by atomic mass is 10.1. The molecule has 0 spiro atoms. The SMILES string of the molecule is N#Cc1c(-c2nnc(OCc3ccc(Cl)cn3)s2)cc(F)c(NC(=O)c2cccnc2)c1OC(F)F. The Kier molecular flexibility index (Phi) is 7.57. The van der Waals surface area contributed by atoms with Crippen molar-refractivity contribution in [3.8, 4) is 27.6 Å². The van der Waals surface area contributed by atoms with Gasteiger partial charge in [0.1, 0.15) is 23.9 Å². The molecule has 182 valence electrons. The highest BCUT2D eigenvalue weighted by Gasteiger charge is 2.26. The van der Waals surface area contributed by atoms with Crippen LogP contribution >= 0.6 is 22.9 Å². The van der Waals surface area contributed by atoms with Gasteiger partial charge in [-0.2, -0.15) is 14.0 Å². The van der Waals surface area contributed by atoms with Gasteiger partial charge in [0.25, 0.3) is 11.1 Å². The second kappa shape index (κ2) is 11.0. The number of anilines is 1. The maximum atomic E-state index is 15.1. The molecule has 1 aromatic carbocycles. The molecule has 0 atom stereocenters. The number of nitrogens with one attached hydrogen (secondary N) is 1. The molecular formula is C22H12ClF3N6O3S. The van der Waals surface area contributed by atoms with E-state index in [2.05, 4.69) is 30.2 Å². The zero-order valence-corrected chi connectivity index (χ0v) is 19.4. The molecule has 4 rings (SSSR count). The standard InChI is InChI=1S/C22H12ClF3N6O3S/c23-12-3-4-13(29-9-12)10-34-22-32-31-20(36-22)14-6-16(24)17(18(15(14)7-27)35-21(25)26)30-19(33)11-2-1-5-28-8-11/h1-6,8-9,21H,10H2,(H,30,33). The van der Waals surface area contributed by atoms with E-state index in [4.69, 9.17) is 16.3 Å². The van der Waals surface area contributed by atoms with Crippen LogP contribution in [0.3, 0.4) is 0 Å². The van der Waals surface area contributed by atoms with Crippen molar-refractivity contribution in [1.29, 1.82) is 5.26 Å². The van der Waals surface area contributed by atoms with Gasteiger partial charge in [-0.05, 0) is 30.3 Å². The van der Waals surface area contributed by atoms with Crippen molar-refractivity contribution < 1.29 is 27.4 Å². The molecule has 0 unspecified atom stereocenters. The van der Waals surface area contributed by atoms with E-state index >= 15 is 4.39 Å². The number of rotatable bonds is 8. The number of nitrogens with zero attached hydrogens (tertiary/aromatic N) is 5. The molecule has 3 aromatic heterocycles. The summed E-state index contributed by atoms with van der Waals surface area (Å²) in [4.78, 5) is 20.3. The number of ether oxygens (including phenoxy) is 2. The molecule has 0 aliphatic carbocycles. The third-order valence-corrected chi connectivity index (χ3v) is 5.58. The number of hydrogen-bond acceptors (Lipinski definition) is 9. The third-order valence-electron chi connectivity index (χ3n) is 4.48. The van der Waals surface area contributed by atoms with E-state index in [1.54, 1.807) is 18.2 Å². The Bertz CT molecular complexity index is 1430. The molecule has 14 heteroatoms. The topological polar surface area (TPSA) is 123 Å². The van der Waals surface area contributed by atoms with E-state index in [-0.39, 0.29) is 27.9 Å². The zero-order chi connectivity index (χ0) is 25.7. The van der Waals surface area contributed by atoms with E-state index < -0.39 is 35.3 Å². The summed E-state index contributed by atoms with van der Waals surface area (Å²) in [5, 5.41) is 20.1. The summed E-state index contributed by atoms with van der Waals surface area (Å²) >= 11 is 6.63. The second-order valence-electron chi connectivity index (χ2n) is 6.80. The monoisotopic (exact) mass is 532 g/mol. The molecule has 0 saturated heterocycles. The van der Waals surface area contributed by atoms with Gasteiger partial charge < -0.3 is 14.8 Å². The average molecular weight is 533 g/mol. The Morgan fingerprint density at radius 3 is 2.75 bits per heavy atom. The Labute approximate surface area is 210 Å². The van der Waals surface area contributed by atoms with Gasteiger partial charge in [-0.25, -0.2) is 4.39 Å². The zero-order valence-electron chi connectivity index (χ0n) is 17.8. The predicted octanol–water partition coefficient (Wildman–Crippen LogP) is 5.09. The summed E-state index contributed by atoms with van der Waals surface area (Å²) < 4.78 is 51.4. The molecule has 1 N–H and O–H groups in total. The minimum Gasteiger partial charge on any atom is -0.462 e. The molecular weight excluding hydrogens is 521 g/mol. The van der Waals surface area contributed by atoms with Crippen molar-refractivity contribution in [2.24, 2.45) is 0 Å². The molecule has 0 aliphatic heterocycles. The maximum absolute atomic E-state index is 15.1. The fourth-order valence-electron chi connectivity index (χ4n) is 2.92. The highest BCUT2D eigenvalue weighted by Crippen LogP contribution is 2.41. The first-order valence-corrected chi connectivity index (χ1v) is 11.0. The lowest BCUT2D eigenvalue weighted by Crippen LogP contribution is -2.16. The quantitative estimate of drug-likeness (QED) is 0.333. The Morgan fingerprint density at radius 2 is 2.08 bits per heavy atom. The van der Waals surface area contributed by atoms with Crippen LogP contribution in [0.5, 0.6) is 10.9 Å². The minimum atomic E-state index is -3.42. The molecule has 0 bridgehead atoms. The van der Waals surface area contributed by atoms with Crippen LogP contribution in [0.15, 0.2) is 48.9 Å². The van der Waals surface area contributed by atoms with Gasteiger partial charge in [0, 0.05) is 24.2 Å². The third kappa shape index (κ3) is 5.68. The number of halogens is 4. The normalized spacial score (nSPS) is 10.7. The number of aromatic nitrogens is 4. The van der Waals surface area contributed by atoms with E-state index in [1.165, 1.54) is 30.7 Å². The van der Waals surface area contributed by atoms with E-state index in [0.717, 1.165) is 17.4 Å². The number of pyridine rings is 2. The first-order valence-electron chi connectivity index (χ1n) is 9.85. The second-order valence-corrected chi connectivity index (χ2v) is 8.18. The van der Waals surface area contributed by atoms with Crippen LogP contribution in [-0.2, 0) is 6.61 Å². The van der Waals surface area contributed by atoms with E-state index in [1.807, 2.05) is 0 Å². The fraction of sp³-hybridized carbons (Fsp3) is 0.0909. The number of alkyl halides is 2. The molecule has 36 heavy (non-hydrogen) atoms. The molecule has 1 amide bonds. The van der Waals surface area contributed by atoms with Crippen LogP contribution in [0.2, 0.25) is 5.02 Å². The highest BCUT2D eigenvalue weighted by molar-refractivity contribution is 7.16. The molecule has 0 radical (unpaired) electrons. The number of carbonyl (C=O) groups is 1. The van der Waals surface area contributed by atoms with Gasteiger partial charge in [-0.1, -0.05) is 28.0 Å². The number of nitriles is 1. The summed E-state index contributed by atoms with van der Waals surface area (Å²) in [7, 11) is 0.